The van der Waals surface area contributed by atoms with Gasteiger partial charge in [-0.3, -0.25) is 5.10 Å². The Morgan fingerprint density at radius 1 is 1.00 bits per heavy atom. The SMILES string of the molecule is S=c1[nH]ncn1/N=C\c1c2ccccc2cc2ccccc12. The number of hydrogen-bond acceptors (Lipinski definition) is 3. The first-order valence-electron chi connectivity index (χ1n) is 6.90. The lowest BCUT2D eigenvalue weighted by molar-refractivity contribution is 0.863. The monoisotopic (exact) mass is 304 g/mol. The number of aromatic amines is 1. The Bertz CT molecular complexity index is 1000. The summed E-state index contributed by atoms with van der Waals surface area (Å²) < 4.78 is 2.02. The Morgan fingerprint density at radius 2 is 1.64 bits per heavy atom. The highest BCUT2D eigenvalue weighted by Gasteiger charge is 2.05. The van der Waals surface area contributed by atoms with E-state index in [0.29, 0.717) is 4.77 Å². The minimum absolute atomic E-state index is 0.473. The van der Waals surface area contributed by atoms with Crippen molar-refractivity contribution < 1.29 is 0 Å². The lowest BCUT2D eigenvalue weighted by Crippen LogP contribution is -1.92. The number of fused-ring (bicyclic) bond motifs is 2. The molecule has 1 heterocycles. The van der Waals surface area contributed by atoms with Gasteiger partial charge in [0.1, 0.15) is 6.33 Å². The van der Waals surface area contributed by atoms with Gasteiger partial charge in [-0.15, -0.1) is 0 Å². The van der Waals surface area contributed by atoms with Crippen LogP contribution >= 0.6 is 12.2 Å². The van der Waals surface area contributed by atoms with Gasteiger partial charge in [0.05, 0.1) is 6.21 Å². The molecule has 0 saturated carbocycles. The molecule has 1 N–H and O–H groups in total. The first-order valence-corrected chi connectivity index (χ1v) is 7.30. The number of benzene rings is 3. The van der Waals surface area contributed by atoms with Gasteiger partial charge >= 0.3 is 0 Å². The summed E-state index contributed by atoms with van der Waals surface area (Å²) in [6.45, 7) is 0. The first-order chi connectivity index (χ1) is 10.8. The zero-order valence-corrected chi connectivity index (χ0v) is 12.4. The quantitative estimate of drug-likeness (QED) is 0.344. The molecule has 0 fully saturated rings. The topological polar surface area (TPSA) is 46.0 Å². The maximum absolute atomic E-state index is 5.12. The number of H-pyrrole nitrogens is 1. The summed E-state index contributed by atoms with van der Waals surface area (Å²) in [5, 5.41) is 15.7. The molecule has 5 heteroatoms. The van der Waals surface area contributed by atoms with Gasteiger partial charge in [-0.05, 0) is 39.8 Å². The third kappa shape index (κ3) is 2.12. The van der Waals surface area contributed by atoms with Gasteiger partial charge in [-0.1, -0.05) is 48.5 Å². The van der Waals surface area contributed by atoms with E-state index >= 15 is 0 Å². The Hall–Kier alpha value is -2.79. The highest BCUT2D eigenvalue weighted by molar-refractivity contribution is 7.71. The minimum atomic E-state index is 0.473. The third-order valence-electron chi connectivity index (χ3n) is 3.66. The molecule has 0 aliphatic heterocycles. The van der Waals surface area contributed by atoms with E-state index in [1.165, 1.54) is 21.5 Å². The van der Waals surface area contributed by atoms with Gasteiger partial charge in [0.2, 0.25) is 4.77 Å². The molecule has 0 atom stereocenters. The van der Waals surface area contributed by atoms with E-state index in [1.807, 2.05) is 30.5 Å². The highest BCUT2D eigenvalue weighted by Crippen LogP contribution is 2.27. The molecule has 0 amide bonds. The van der Waals surface area contributed by atoms with Crippen molar-refractivity contribution in [3.8, 4) is 0 Å². The van der Waals surface area contributed by atoms with Crippen LogP contribution in [0.3, 0.4) is 0 Å². The second-order valence-corrected chi connectivity index (χ2v) is 5.37. The fourth-order valence-corrected chi connectivity index (χ4v) is 2.78. The maximum Gasteiger partial charge on any atom is 0.216 e. The van der Waals surface area contributed by atoms with Crippen LogP contribution in [0.1, 0.15) is 5.56 Å². The predicted molar refractivity (Wildman–Crippen MR) is 91.9 cm³/mol. The van der Waals surface area contributed by atoms with Gasteiger partial charge in [-0.25, -0.2) is 0 Å². The maximum atomic E-state index is 5.12. The van der Waals surface area contributed by atoms with Crippen LogP contribution in [0.4, 0.5) is 0 Å². The van der Waals surface area contributed by atoms with Gasteiger partial charge in [0.25, 0.3) is 0 Å². The van der Waals surface area contributed by atoms with Gasteiger partial charge in [-0.2, -0.15) is 14.9 Å². The molecular weight excluding hydrogens is 292 g/mol. The summed E-state index contributed by atoms with van der Waals surface area (Å²) in [6.07, 6.45) is 3.40. The lowest BCUT2D eigenvalue weighted by Gasteiger charge is -2.07. The summed E-state index contributed by atoms with van der Waals surface area (Å²) in [5.41, 5.74) is 1.08. The van der Waals surface area contributed by atoms with Crippen molar-refractivity contribution >= 4 is 40.0 Å². The first kappa shape index (κ1) is 12.9. The molecular formula is C17H12N4S. The van der Waals surface area contributed by atoms with Crippen LogP contribution < -0.4 is 0 Å². The van der Waals surface area contributed by atoms with E-state index in [0.717, 1.165) is 5.56 Å². The summed E-state index contributed by atoms with van der Waals surface area (Å²) in [5.74, 6) is 0. The zero-order chi connectivity index (χ0) is 14.9. The van der Waals surface area contributed by atoms with E-state index in [2.05, 4.69) is 45.6 Å². The molecule has 106 valence electrons. The Kier molecular flexibility index (Phi) is 3.05. The average molecular weight is 304 g/mol. The number of aromatic nitrogens is 3. The molecule has 0 saturated heterocycles. The van der Waals surface area contributed by atoms with Crippen LogP contribution in [0.15, 0.2) is 66.0 Å². The van der Waals surface area contributed by atoms with Crippen molar-refractivity contribution in [1.29, 1.82) is 0 Å². The fourth-order valence-electron chi connectivity index (χ4n) is 2.63. The molecule has 4 aromatic rings. The fraction of sp³-hybridized carbons (Fsp3) is 0. The number of nitrogens with one attached hydrogen (secondary N) is 1. The van der Waals surface area contributed by atoms with Gasteiger partial charge in [0.15, 0.2) is 0 Å². The van der Waals surface area contributed by atoms with E-state index in [4.69, 9.17) is 12.2 Å². The molecule has 4 rings (SSSR count). The molecule has 0 spiro atoms. The molecule has 0 aliphatic carbocycles. The normalized spacial score (nSPS) is 11.6. The second kappa shape index (κ2) is 5.20. The molecule has 0 bridgehead atoms. The molecule has 3 aromatic carbocycles. The third-order valence-corrected chi connectivity index (χ3v) is 3.94. The van der Waals surface area contributed by atoms with Crippen LogP contribution in [-0.2, 0) is 0 Å². The van der Waals surface area contributed by atoms with Gasteiger partial charge in [0, 0.05) is 5.56 Å². The smallest absolute Gasteiger partial charge is 0.216 e. The molecule has 1 aromatic heterocycles. The van der Waals surface area contributed by atoms with E-state index in [-0.39, 0.29) is 0 Å². The predicted octanol–water partition coefficient (Wildman–Crippen LogP) is 4.13. The summed E-state index contributed by atoms with van der Waals surface area (Å²) in [4.78, 5) is 0. The Labute approximate surface area is 131 Å². The van der Waals surface area contributed by atoms with Crippen LogP contribution in [0.5, 0.6) is 0 Å². The minimum Gasteiger partial charge on any atom is -0.250 e. The van der Waals surface area contributed by atoms with Crippen LogP contribution in [0, 0.1) is 4.77 Å². The molecule has 0 unspecified atom stereocenters. The number of nitrogens with zero attached hydrogens (tertiary/aromatic N) is 3. The zero-order valence-electron chi connectivity index (χ0n) is 11.6. The Morgan fingerprint density at radius 3 is 2.23 bits per heavy atom. The molecule has 4 nitrogen and oxygen atoms in total. The van der Waals surface area contributed by atoms with E-state index in [9.17, 15) is 0 Å². The van der Waals surface area contributed by atoms with E-state index in [1.54, 1.807) is 11.0 Å². The van der Waals surface area contributed by atoms with E-state index < -0.39 is 0 Å². The standard InChI is InChI=1S/C17H12N4S/c22-17-20-18-11-21(17)19-10-16-14-7-3-1-5-12(14)9-13-6-2-4-8-15(13)16/h1-11H,(H,20,22)/b19-10-. The lowest BCUT2D eigenvalue weighted by atomic mass is 9.97. The van der Waals surface area contributed by atoms with Crippen molar-refractivity contribution in [3.63, 3.8) is 0 Å². The van der Waals surface area contributed by atoms with Gasteiger partial charge < -0.3 is 0 Å². The summed E-state index contributed by atoms with van der Waals surface area (Å²) in [7, 11) is 0. The number of rotatable bonds is 2. The van der Waals surface area contributed by atoms with Crippen molar-refractivity contribution in [3.05, 3.63) is 71.3 Å². The Balaban J connectivity index is 2.02. The average Bonchev–Trinajstić information content (AvgIpc) is 2.96. The highest BCUT2D eigenvalue weighted by atomic mass is 32.1. The largest absolute Gasteiger partial charge is 0.250 e. The summed E-state index contributed by atoms with van der Waals surface area (Å²) in [6, 6.07) is 18.8. The number of hydrogen-bond donors (Lipinski definition) is 1. The van der Waals surface area contributed by atoms with Crippen LogP contribution in [-0.4, -0.2) is 21.1 Å². The second-order valence-electron chi connectivity index (χ2n) is 4.98. The van der Waals surface area contributed by atoms with Crippen LogP contribution in [0.25, 0.3) is 21.5 Å². The van der Waals surface area contributed by atoms with Crippen molar-refractivity contribution in [2.45, 2.75) is 0 Å². The van der Waals surface area contributed by atoms with Crippen molar-refractivity contribution in [2.75, 3.05) is 0 Å². The summed E-state index contributed by atoms with van der Waals surface area (Å²) >= 11 is 5.12. The van der Waals surface area contributed by atoms with Crippen molar-refractivity contribution in [1.82, 2.24) is 14.9 Å². The van der Waals surface area contributed by atoms with Crippen molar-refractivity contribution in [2.24, 2.45) is 5.10 Å². The molecule has 0 radical (unpaired) electrons. The molecule has 22 heavy (non-hydrogen) atoms. The van der Waals surface area contributed by atoms with Crippen LogP contribution in [0.2, 0.25) is 0 Å². The molecule has 0 aliphatic rings.